The number of aromatic nitrogens is 1. The van der Waals surface area contributed by atoms with Gasteiger partial charge in [0.15, 0.2) is 0 Å². The van der Waals surface area contributed by atoms with Gasteiger partial charge in [0.1, 0.15) is 17.6 Å². The van der Waals surface area contributed by atoms with E-state index in [1.807, 2.05) is 13.0 Å². The molecule has 7 heteroatoms. The Morgan fingerprint density at radius 2 is 2.27 bits per heavy atom. The van der Waals surface area contributed by atoms with E-state index in [1.54, 1.807) is 30.5 Å². The van der Waals surface area contributed by atoms with Crippen LogP contribution in [0.25, 0.3) is 11.8 Å². The Hall–Kier alpha value is -2.66. The van der Waals surface area contributed by atoms with Crippen molar-refractivity contribution >= 4 is 35.1 Å². The Kier molecular flexibility index (Phi) is 12.1. The van der Waals surface area contributed by atoms with Gasteiger partial charge in [0, 0.05) is 29.4 Å². The van der Waals surface area contributed by atoms with Gasteiger partial charge in [-0.1, -0.05) is 31.7 Å². The Bertz CT molecular complexity index is 933. The third-order valence-electron chi connectivity index (χ3n) is 4.42. The summed E-state index contributed by atoms with van der Waals surface area (Å²) >= 11 is 5.54. The lowest BCUT2D eigenvalue weighted by molar-refractivity contribution is 0.521. The van der Waals surface area contributed by atoms with E-state index in [0.29, 0.717) is 33.4 Å². The molecule has 1 unspecified atom stereocenters. The van der Waals surface area contributed by atoms with Crippen LogP contribution in [0.5, 0.6) is 0 Å². The third kappa shape index (κ3) is 8.78. The minimum Gasteiger partial charge on any atom is -0.384 e. The number of nitrogen functional groups attached to an aromatic ring is 1. The van der Waals surface area contributed by atoms with Crippen LogP contribution in [0, 0.1) is 0 Å². The zero-order chi connectivity index (χ0) is 22.4. The normalized spacial score (nSPS) is 14.4. The lowest BCUT2D eigenvalue weighted by Crippen LogP contribution is -2.37. The summed E-state index contributed by atoms with van der Waals surface area (Å²) in [6.07, 6.45) is 11.3. The summed E-state index contributed by atoms with van der Waals surface area (Å²) in [7, 11) is 1.89. The summed E-state index contributed by atoms with van der Waals surface area (Å²) in [6.45, 7) is 6.69. The van der Waals surface area contributed by atoms with E-state index < -0.39 is 5.83 Å². The van der Waals surface area contributed by atoms with Gasteiger partial charge in [-0.3, -0.25) is 0 Å². The van der Waals surface area contributed by atoms with E-state index >= 15 is 0 Å². The molecule has 4 N–H and O–H groups in total. The molecule has 5 nitrogen and oxygen atoms in total. The molecule has 1 aromatic rings. The number of nitrogens with zero attached hydrogens (tertiary/aromatic N) is 1. The summed E-state index contributed by atoms with van der Waals surface area (Å²) in [5.41, 5.74) is 6.80. The lowest BCUT2D eigenvalue weighted by atomic mass is 10.1. The average molecular weight is 433 g/mol. The van der Waals surface area contributed by atoms with Crippen molar-refractivity contribution in [2.45, 2.75) is 32.2 Å². The number of hydrogen-bond acceptors (Lipinski definition) is 5. The quantitative estimate of drug-likeness (QED) is 0.268. The van der Waals surface area contributed by atoms with Gasteiger partial charge in [-0.25, -0.2) is 14.2 Å². The number of hydrogen-bond donors (Lipinski definition) is 3. The van der Waals surface area contributed by atoms with Crippen molar-refractivity contribution in [1.82, 2.24) is 15.6 Å². The van der Waals surface area contributed by atoms with Gasteiger partial charge in [-0.2, -0.15) is 0 Å². The summed E-state index contributed by atoms with van der Waals surface area (Å²) < 4.78 is 14.1. The van der Waals surface area contributed by atoms with Crippen LogP contribution in [0.15, 0.2) is 54.5 Å². The van der Waals surface area contributed by atoms with Crippen LogP contribution in [0.3, 0.4) is 0 Å². The van der Waals surface area contributed by atoms with Crippen LogP contribution in [0.1, 0.15) is 26.2 Å². The smallest absolute Gasteiger partial charge is 0.126 e. The van der Waals surface area contributed by atoms with Gasteiger partial charge < -0.3 is 16.4 Å². The zero-order valence-electron chi connectivity index (χ0n) is 17.6. The van der Waals surface area contributed by atoms with E-state index in [-0.39, 0.29) is 12.5 Å². The maximum atomic E-state index is 14.1. The van der Waals surface area contributed by atoms with Crippen molar-refractivity contribution in [2.24, 2.45) is 0 Å². The molecule has 0 aliphatic rings. The summed E-state index contributed by atoms with van der Waals surface area (Å²) in [4.78, 5) is 15.3. The number of rotatable bonds is 12. The molecule has 0 saturated heterocycles. The van der Waals surface area contributed by atoms with Crippen LogP contribution in [0.4, 0.5) is 10.2 Å². The van der Waals surface area contributed by atoms with Crippen molar-refractivity contribution in [1.29, 1.82) is 0 Å². The van der Waals surface area contributed by atoms with Crippen LogP contribution in [-0.2, 0) is 4.79 Å². The molecule has 0 spiro atoms. The first-order valence-electron chi connectivity index (χ1n) is 9.81. The zero-order valence-corrected chi connectivity index (χ0v) is 18.3. The second-order valence-corrected chi connectivity index (χ2v) is 6.93. The number of nitrogens with two attached hydrogens (primary N) is 1. The standard InChI is InChI=1S/C23H30ClFN4O/c1-4-19(10-13-27-3)29-22(11-14-30)20-15-23(26)28-16-18(20)9-8-17(2)21(25)7-5-6-12-24/h5-7,9,11,15-16,19,27,29H,2,4,8,10,12-13,26H2,1,3H3/b6-5-,18-9-,21-7+,22-20+. The molecule has 0 aromatic carbocycles. The Morgan fingerprint density at radius 3 is 2.90 bits per heavy atom. The number of halogens is 2. The highest BCUT2D eigenvalue weighted by Gasteiger charge is 2.08. The molecule has 1 rings (SSSR count). The van der Waals surface area contributed by atoms with Crippen molar-refractivity contribution in [3.8, 4) is 0 Å². The second kappa shape index (κ2) is 14.3. The molecule has 0 aliphatic heterocycles. The summed E-state index contributed by atoms with van der Waals surface area (Å²) in [5.74, 6) is 2.05. The predicted octanol–water partition coefficient (Wildman–Crippen LogP) is 2.51. The SMILES string of the molecule is C=C(C/C=c1/cnc(N)c/c1=C(/C=C=O)NC(CC)CCNC)/C(F)=C\C=C/CCl. The Labute approximate surface area is 182 Å². The van der Waals surface area contributed by atoms with Crippen molar-refractivity contribution in [3.05, 3.63) is 65.0 Å². The van der Waals surface area contributed by atoms with Gasteiger partial charge in [0.2, 0.25) is 0 Å². The van der Waals surface area contributed by atoms with E-state index in [0.717, 1.165) is 19.4 Å². The van der Waals surface area contributed by atoms with Gasteiger partial charge in [-0.05, 0) is 55.8 Å². The average Bonchev–Trinajstić information content (AvgIpc) is 2.74. The number of allylic oxidation sites excluding steroid dienone is 5. The van der Waals surface area contributed by atoms with Crippen LogP contribution < -0.4 is 26.8 Å². The van der Waals surface area contributed by atoms with Crippen LogP contribution >= 0.6 is 11.6 Å². The molecule has 30 heavy (non-hydrogen) atoms. The molecule has 1 atom stereocenters. The van der Waals surface area contributed by atoms with E-state index in [2.05, 4.69) is 29.1 Å². The largest absolute Gasteiger partial charge is 0.384 e. The molecule has 0 aliphatic carbocycles. The first-order chi connectivity index (χ1) is 14.5. The van der Waals surface area contributed by atoms with Crippen molar-refractivity contribution in [3.63, 3.8) is 0 Å². The number of carbonyl (C=O) groups excluding carboxylic acids is 1. The molecule has 0 fully saturated rings. The number of nitrogens with one attached hydrogen (secondary N) is 2. The van der Waals surface area contributed by atoms with E-state index in [1.165, 1.54) is 12.2 Å². The first kappa shape index (κ1) is 25.4. The van der Waals surface area contributed by atoms with E-state index in [4.69, 9.17) is 17.3 Å². The van der Waals surface area contributed by atoms with Crippen molar-refractivity contribution < 1.29 is 9.18 Å². The molecule has 0 bridgehead atoms. The van der Waals surface area contributed by atoms with Gasteiger partial charge in [-0.15, -0.1) is 11.6 Å². The van der Waals surface area contributed by atoms with E-state index in [9.17, 15) is 9.18 Å². The molecule has 0 saturated carbocycles. The highest BCUT2D eigenvalue weighted by Crippen LogP contribution is 2.13. The first-order valence-corrected chi connectivity index (χ1v) is 10.3. The number of anilines is 1. The third-order valence-corrected chi connectivity index (χ3v) is 4.60. The fourth-order valence-corrected chi connectivity index (χ4v) is 2.81. The minimum atomic E-state index is -0.425. The topological polar surface area (TPSA) is 80.0 Å². The Morgan fingerprint density at radius 1 is 1.50 bits per heavy atom. The Balaban J connectivity index is 3.36. The maximum absolute atomic E-state index is 14.1. The number of pyridine rings is 1. The van der Waals surface area contributed by atoms with Gasteiger partial charge >= 0.3 is 0 Å². The molecular weight excluding hydrogens is 403 g/mol. The maximum Gasteiger partial charge on any atom is 0.126 e. The molecule has 162 valence electrons. The molecule has 0 radical (unpaired) electrons. The highest BCUT2D eigenvalue weighted by molar-refractivity contribution is 6.18. The number of alkyl halides is 1. The summed E-state index contributed by atoms with van der Waals surface area (Å²) in [6, 6.07) is 1.84. The van der Waals surface area contributed by atoms with Crippen LogP contribution in [-0.4, -0.2) is 36.4 Å². The molecule has 1 aromatic heterocycles. The highest BCUT2D eigenvalue weighted by atomic mass is 35.5. The fourth-order valence-electron chi connectivity index (χ4n) is 2.70. The molecule has 0 amide bonds. The molecular formula is C23H30ClFN4O. The van der Waals surface area contributed by atoms with Gasteiger partial charge in [0.25, 0.3) is 0 Å². The lowest BCUT2D eigenvalue weighted by Gasteiger charge is -2.18. The fraction of sp³-hybridized carbons (Fsp3) is 0.348. The summed E-state index contributed by atoms with van der Waals surface area (Å²) in [5, 5.41) is 7.93. The van der Waals surface area contributed by atoms with Crippen molar-refractivity contribution in [2.75, 3.05) is 25.2 Å². The molecule has 1 heterocycles. The predicted molar refractivity (Wildman–Crippen MR) is 125 cm³/mol. The second-order valence-electron chi connectivity index (χ2n) is 6.62. The monoisotopic (exact) mass is 432 g/mol. The minimum absolute atomic E-state index is 0.156. The van der Waals surface area contributed by atoms with Gasteiger partial charge in [0.05, 0.1) is 5.70 Å². The van der Waals surface area contributed by atoms with Crippen LogP contribution in [0.2, 0.25) is 0 Å².